The summed E-state index contributed by atoms with van der Waals surface area (Å²) in [5.41, 5.74) is 0. The molecule has 9 heavy (non-hydrogen) atoms. The van der Waals surface area contributed by atoms with Crippen LogP contribution in [0.25, 0.3) is 0 Å². The fourth-order valence-electron chi connectivity index (χ4n) is 0.316. The molecule has 1 atom stereocenters. The lowest BCUT2D eigenvalue weighted by Gasteiger charge is -2.01. The highest BCUT2D eigenvalue weighted by Gasteiger charge is 2.09. The highest BCUT2D eigenvalue weighted by atomic mass is 19.1. The van der Waals surface area contributed by atoms with Crippen molar-refractivity contribution in [2.45, 2.75) is 20.0 Å². The first-order valence-corrected chi connectivity index (χ1v) is 2.49. The molecule has 56 valence electrons. The van der Waals surface area contributed by atoms with Crippen molar-refractivity contribution in [2.75, 3.05) is 6.61 Å². The zero-order valence-corrected chi connectivity index (χ0v) is 5.39. The van der Waals surface area contributed by atoms with E-state index in [2.05, 4.69) is 4.74 Å². The number of hydrogen-bond donors (Lipinski definition) is 0. The third-order valence-corrected chi connectivity index (χ3v) is 0.736. The monoisotopic (exact) mass is 140 g/mol. The summed E-state index contributed by atoms with van der Waals surface area (Å²) in [7, 11) is 0. The quantitative estimate of drug-likeness (QED) is 0.548. The maximum absolute atomic E-state index is 11.5. The highest BCUT2D eigenvalue weighted by molar-refractivity contribution is 5.72. The van der Waals surface area contributed by atoms with Crippen LogP contribution in [-0.2, 0) is 9.53 Å². The fraction of sp³-hybridized carbons (Fsp3) is 0.800. The average molecular weight is 140 g/mol. The fourth-order valence-corrected chi connectivity index (χ4v) is 0.316. The van der Waals surface area contributed by atoms with Gasteiger partial charge in [0, 0.05) is 6.61 Å². The summed E-state index contributed by atoms with van der Waals surface area (Å²) in [4.78, 5) is 9.74. The molecule has 0 saturated carbocycles. The molecule has 0 radical (unpaired) electrons. The van der Waals surface area contributed by atoms with Gasteiger partial charge < -0.3 is 4.74 Å². The van der Waals surface area contributed by atoms with Crippen LogP contribution in [0.2, 0.25) is 0 Å². The molecule has 0 saturated heterocycles. The second-order valence-corrected chi connectivity index (χ2v) is 1.40. The Morgan fingerprint density at radius 1 is 1.78 bits per heavy atom. The zero-order chi connectivity index (χ0) is 6.57. The Hall–Kier alpha value is -0.510. The molecule has 1 unspecified atom stereocenters. The molecule has 0 N–H and O–H groups in total. The summed E-state index contributed by atoms with van der Waals surface area (Å²) < 4.78 is 16.1. The molecule has 0 aliphatic carbocycles. The van der Waals surface area contributed by atoms with Crippen LogP contribution < -0.4 is 0 Å². The third kappa shape index (κ3) is 5.36. The van der Waals surface area contributed by atoms with Gasteiger partial charge in [0.05, 0.1) is 0 Å². The van der Waals surface area contributed by atoms with E-state index in [1.54, 1.807) is 6.92 Å². The summed E-state index contributed by atoms with van der Waals surface area (Å²) in [5, 5.41) is 0. The van der Waals surface area contributed by atoms with Crippen LogP contribution in [0.3, 0.4) is 0 Å². The molecule has 0 aromatic heterocycles. The molecule has 0 bridgehead atoms. The standard InChI is InChI=1S/C5H9FO2.FH/c1-3-8-4(2)5(6)7;/h4H,3H2,1-2H3;1H. The van der Waals surface area contributed by atoms with Crippen molar-refractivity contribution >= 4 is 6.04 Å². The number of ether oxygens (including phenoxy) is 1. The van der Waals surface area contributed by atoms with E-state index >= 15 is 0 Å². The maximum atomic E-state index is 11.5. The minimum Gasteiger partial charge on any atom is -0.368 e. The largest absolute Gasteiger partial charge is 0.368 e. The first-order chi connectivity index (χ1) is 3.68. The van der Waals surface area contributed by atoms with Gasteiger partial charge >= 0.3 is 6.04 Å². The van der Waals surface area contributed by atoms with Gasteiger partial charge in [-0.25, -0.2) is 0 Å². The topological polar surface area (TPSA) is 26.3 Å². The predicted octanol–water partition coefficient (Wildman–Crippen LogP) is 1.06. The summed E-state index contributed by atoms with van der Waals surface area (Å²) in [6, 6.07) is -1.41. The van der Waals surface area contributed by atoms with Gasteiger partial charge in [0.1, 0.15) is 6.10 Å². The number of carbonyl (C=O) groups excluding carboxylic acids is 1. The first kappa shape index (κ1) is 11.3. The zero-order valence-electron chi connectivity index (χ0n) is 5.39. The van der Waals surface area contributed by atoms with Gasteiger partial charge in [-0.3, -0.25) is 9.50 Å². The van der Waals surface area contributed by atoms with Crippen LogP contribution in [0.15, 0.2) is 0 Å². The second kappa shape index (κ2) is 5.62. The van der Waals surface area contributed by atoms with Gasteiger partial charge in [0.25, 0.3) is 0 Å². The molecule has 0 aromatic carbocycles. The first-order valence-electron chi connectivity index (χ1n) is 2.49. The van der Waals surface area contributed by atoms with Crippen molar-refractivity contribution in [1.82, 2.24) is 0 Å². The Labute approximate surface area is 52.4 Å². The predicted molar refractivity (Wildman–Crippen MR) is 29.7 cm³/mol. The number of halogens is 2. The van der Waals surface area contributed by atoms with Crippen LogP contribution in [-0.4, -0.2) is 18.7 Å². The SMILES string of the molecule is CCOC(C)C(=O)F.F. The summed E-state index contributed by atoms with van der Waals surface area (Å²) >= 11 is 0. The number of hydrogen-bond acceptors (Lipinski definition) is 2. The van der Waals surface area contributed by atoms with E-state index in [9.17, 15) is 9.18 Å². The summed E-state index contributed by atoms with van der Waals surface area (Å²) in [6.45, 7) is 3.46. The van der Waals surface area contributed by atoms with Crippen molar-refractivity contribution in [1.29, 1.82) is 0 Å². The van der Waals surface area contributed by atoms with Crippen molar-refractivity contribution in [3.05, 3.63) is 0 Å². The van der Waals surface area contributed by atoms with Crippen LogP contribution in [0, 0.1) is 0 Å². The van der Waals surface area contributed by atoms with Gasteiger partial charge in [-0.1, -0.05) is 0 Å². The lowest BCUT2D eigenvalue weighted by atomic mass is 10.4. The molecule has 0 rings (SSSR count). The molecule has 4 heteroatoms. The number of carbonyl (C=O) groups is 1. The van der Waals surface area contributed by atoms with Crippen LogP contribution in [0.4, 0.5) is 9.09 Å². The van der Waals surface area contributed by atoms with Crippen LogP contribution in [0.5, 0.6) is 0 Å². The molecular weight excluding hydrogens is 130 g/mol. The lowest BCUT2D eigenvalue weighted by Crippen LogP contribution is -2.15. The van der Waals surface area contributed by atoms with Crippen molar-refractivity contribution in [3.63, 3.8) is 0 Å². The minimum atomic E-state index is -1.41. The maximum Gasteiger partial charge on any atom is 0.329 e. The molecule has 0 spiro atoms. The molecule has 0 aliphatic rings. The van der Waals surface area contributed by atoms with Crippen molar-refractivity contribution in [2.24, 2.45) is 0 Å². The van der Waals surface area contributed by atoms with Crippen molar-refractivity contribution < 1.29 is 18.6 Å². The minimum absolute atomic E-state index is 0. The Bertz CT molecular complexity index is 85.0. The van der Waals surface area contributed by atoms with E-state index in [1.165, 1.54) is 6.92 Å². The van der Waals surface area contributed by atoms with E-state index in [4.69, 9.17) is 0 Å². The van der Waals surface area contributed by atoms with Gasteiger partial charge in [0.15, 0.2) is 0 Å². The van der Waals surface area contributed by atoms with Crippen LogP contribution >= 0.6 is 0 Å². The van der Waals surface area contributed by atoms with Gasteiger partial charge in [-0.2, -0.15) is 4.39 Å². The Morgan fingerprint density at radius 3 is 2.33 bits per heavy atom. The molecule has 2 nitrogen and oxygen atoms in total. The average Bonchev–Trinajstić information content (AvgIpc) is 1.67. The van der Waals surface area contributed by atoms with Gasteiger partial charge in [0.2, 0.25) is 0 Å². The summed E-state index contributed by atoms with van der Waals surface area (Å²) in [6.07, 6.45) is -0.889. The van der Waals surface area contributed by atoms with Crippen molar-refractivity contribution in [3.8, 4) is 0 Å². The second-order valence-electron chi connectivity index (χ2n) is 1.40. The third-order valence-electron chi connectivity index (χ3n) is 0.736. The normalized spacial score (nSPS) is 11.9. The van der Waals surface area contributed by atoms with Crippen LogP contribution in [0.1, 0.15) is 13.8 Å². The van der Waals surface area contributed by atoms with E-state index in [1.807, 2.05) is 0 Å². The van der Waals surface area contributed by atoms with E-state index < -0.39 is 12.1 Å². The molecule has 0 fully saturated rings. The molecule has 0 aromatic rings. The Morgan fingerprint density at radius 2 is 2.22 bits per heavy atom. The lowest BCUT2D eigenvalue weighted by molar-refractivity contribution is -0.140. The number of rotatable bonds is 3. The van der Waals surface area contributed by atoms with Gasteiger partial charge in [-0.15, -0.1) is 0 Å². The highest BCUT2D eigenvalue weighted by Crippen LogP contribution is 1.91. The Kier molecular flexibility index (Phi) is 7.07. The Balaban J connectivity index is 0. The van der Waals surface area contributed by atoms with E-state index in [0.717, 1.165) is 0 Å². The van der Waals surface area contributed by atoms with Gasteiger partial charge in [-0.05, 0) is 13.8 Å². The molecular formula is C5H10F2O2. The smallest absolute Gasteiger partial charge is 0.329 e. The van der Waals surface area contributed by atoms with E-state index in [-0.39, 0.29) is 4.70 Å². The molecule has 0 aliphatic heterocycles. The summed E-state index contributed by atoms with van der Waals surface area (Å²) in [5.74, 6) is 0. The molecule has 0 heterocycles. The van der Waals surface area contributed by atoms with E-state index in [0.29, 0.717) is 6.61 Å². The molecule has 0 amide bonds.